The summed E-state index contributed by atoms with van der Waals surface area (Å²) in [5, 5.41) is 20.9. The summed E-state index contributed by atoms with van der Waals surface area (Å²) in [7, 11) is 0. The highest BCUT2D eigenvalue weighted by atomic mass is 16.3. The van der Waals surface area contributed by atoms with Gasteiger partial charge in [-0.05, 0) is 73.6 Å². The van der Waals surface area contributed by atoms with Gasteiger partial charge in [0.05, 0.1) is 23.9 Å². The number of carbonyl (C=O) groups is 3. The highest BCUT2D eigenvalue weighted by Crippen LogP contribution is 2.29. The number of aromatic nitrogens is 2. The first-order valence-electron chi connectivity index (χ1n) is 17.4. The molecule has 3 aromatic carbocycles. The van der Waals surface area contributed by atoms with Crippen LogP contribution in [0, 0.1) is 6.92 Å². The SMILES string of the molecule is CCCCN(CCCC)C(=O)c1cc(C)n(-c2ccc(NC(=O)NCCc3ccccc3)cc2C(=O)N2Cc3ccccc3C[C@H]2CO)n1. The van der Waals surface area contributed by atoms with Gasteiger partial charge in [-0.25, -0.2) is 9.48 Å². The quantitative estimate of drug-likeness (QED) is 0.150. The Labute approximate surface area is 289 Å². The van der Waals surface area contributed by atoms with E-state index in [1.165, 1.54) is 0 Å². The summed E-state index contributed by atoms with van der Waals surface area (Å²) in [6.07, 6.45) is 5.00. The molecule has 0 fully saturated rings. The van der Waals surface area contributed by atoms with E-state index in [1.54, 1.807) is 33.8 Å². The van der Waals surface area contributed by atoms with Crippen molar-refractivity contribution in [2.45, 2.75) is 71.9 Å². The molecule has 0 radical (unpaired) electrons. The molecule has 0 aliphatic carbocycles. The fraction of sp³-hybridized carbons (Fsp3) is 0.385. The standard InChI is InChI=1S/C39H48N6O4/c1-4-6-21-43(22-7-5-2)38(48)35-23-28(3)45(42-35)36-18-17-32(41-39(49)40-20-19-29-13-9-8-10-14-29)25-34(36)37(47)44-26-31-16-12-11-15-30(31)24-33(44)27-46/h8-18,23,25,33,46H,4-7,19-22,24,26-27H2,1-3H3,(H2,40,41,49)/t33-/m0/s1. The summed E-state index contributed by atoms with van der Waals surface area (Å²) in [6, 6.07) is 23.9. The minimum Gasteiger partial charge on any atom is -0.394 e. The van der Waals surface area contributed by atoms with Crippen LogP contribution in [-0.4, -0.2) is 74.8 Å². The Morgan fingerprint density at radius 1 is 0.918 bits per heavy atom. The summed E-state index contributed by atoms with van der Waals surface area (Å²) in [6.45, 7) is 7.99. The van der Waals surface area contributed by atoms with Crippen LogP contribution in [0.2, 0.25) is 0 Å². The number of urea groups is 1. The molecule has 0 bridgehead atoms. The molecule has 4 amide bonds. The molecule has 0 saturated carbocycles. The first-order valence-corrected chi connectivity index (χ1v) is 17.4. The largest absolute Gasteiger partial charge is 0.394 e. The van der Waals surface area contributed by atoms with Gasteiger partial charge >= 0.3 is 6.03 Å². The molecule has 3 N–H and O–H groups in total. The smallest absolute Gasteiger partial charge is 0.319 e. The molecule has 0 spiro atoms. The molecule has 258 valence electrons. The summed E-state index contributed by atoms with van der Waals surface area (Å²) in [5.74, 6) is -0.429. The molecule has 0 saturated heterocycles. The van der Waals surface area contributed by atoms with E-state index in [0.29, 0.717) is 67.3 Å². The van der Waals surface area contributed by atoms with Gasteiger partial charge in [0.25, 0.3) is 11.8 Å². The third kappa shape index (κ3) is 8.75. The van der Waals surface area contributed by atoms with Crippen molar-refractivity contribution >= 4 is 23.5 Å². The van der Waals surface area contributed by atoms with Crippen LogP contribution in [0.25, 0.3) is 5.69 Å². The van der Waals surface area contributed by atoms with Crippen molar-refractivity contribution < 1.29 is 19.5 Å². The summed E-state index contributed by atoms with van der Waals surface area (Å²) < 4.78 is 1.63. The lowest BCUT2D eigenvalue weighted by Crippen LogP contribution is -2.46. The molecule has 4 aromatic rings. The van der Waals surface area contributed by atoms with E-state index in [2.05, 4.69) is 24.5 Å². The Hall–Kier alpha value is -4.96. The van der Waals surface area contributed by atoms with E-state index < -0.39 is 6.04 Å². The second kappa shape index (κ2) is 16.9. The van der Waals surface area contributed by atoms with Crippen LogP contribution in [0.1, 0.15) is 82.8 Å². The summed E-state index contributed by atoms with van der Waals surface area (Å²) in [5.41, 5.74) is 5.50. The fourth-order valence-corrected chi connectivity index (χ4v) is 6.25. The molecular formula is C39H48N6O4. The van der Waals surface area contributed by atoms with Crippen LogP contribution in [0.5, 0.6) is 0 Å². The van der Waals surface area contributed by atoms with Gasteiger partial charge in [0.2, 0.25) is 0 Å². The maximum Gasteiger partial charge on any atom is 0.319 e. The lowest BCUT2D eigenvalue weighted by Gasteiger charge is -2.36. The van der Waals surface area contributed by atoms with Crippen LogP contribution in [0.3, 0.4) is 0 Å². The van der Waals surface area contributed by atoms with E-state index in [4.69, 9.17) is 5.10 Å². The van der Waals surface area contributed by atoms with Crippen molar-refractivity contribution in [3.8, 4) is 5.69 Å². The topological polar surface area (TPSA) is 120 Å². The number of nitrogens with zero attached hydrogens (tertiary/aromatic N) is 4. The van der Waals surface area contributed by atoms with E-state index >= 15 is 0 Å². The maximum absolute atomic E-state index is 14.5. The molecule has 0 unspecified atom stereocenters. The second-order valence-corrected chi connectivity index (χ2v) is 12.7. The number of aliphatic hydroxyl groups excluding tert-OH is 1. The van der Waals surface area contributed by atoms with Crippen molar-refractivity contribution in [1.82, 2.24) is 24.9 Å². The fourth-order valence-electron chi connectivity index (χ4n) is 6.25. The Bertz CT molecular complexity index is 1730. The van der Waals surface area contributed by atoms with E-state index in [-0.39, 0.29) is 24.5 Å². The predicted molar refractivity (Wildman–Crippen MR) is 192 cm³/mol. The summed E-state index contributed by atoms with van der Waals surface area (Å²) in [4.78, 5) is 44.6. The van der Waals surface area contributed by atoms with E-state index in [9.17, 15) is 19.5 Å². The van der Waals surface area contributed by atoms with Gasteiger partial charge in [-0.2, -0.15) is 5.10 Å². The van der Waals surface area contributed by atoms with Gasteiger partial charge in [-0.1, -0.05) is 81.3 Å². The van der Waals surface area contributed by atoms with Crippen molar-refractivity contribution in [2.24, 2.45) is 0 Å². The third-order valence-corrected chi connectivity index (χ3v) is 9.04. The lowest BCUT2D eigenvalue weighted by atomic mass is 9.93. The summed E-state index contributed by atoms with van der Waals surface area (Å²) >= 11 is 0. The molecule has 49 heavy (non-hydrogen) atoms. The number of nitrogens with one attached hydrogen (secondary N) is 2. The average Bonchev–Trinajstić information content (AvgIpc) is 3.52. The minimum absolute atomic E-state index is 0.130. The molecule has 1 atom stereocenters. The molecule has 1 aliphatic rings. The number of fused-ring (bicyclic) bond motifs is 1. The first kappa shape index (κ1) is 35.3. The number of hydrogen-bond acceptors (Lipinski definition) is 5. The number of aryl methyl sites for hydroxylation is 1. The first-order chi connectivity index (χ1) is 23.8. The molecule has 2 heterocycles. The minimum atomic E-state index is -0.422. The highest BCUT2D eigenvalue weighted by Gasteiger charge is 2.32. The van der Waals surface area contributed by atoms with Gasteiger partial charge in [0.1, 0.15) is 0 Å². The number of benzene rings is 3. The monoisotopic (exact) mass is 664 g/mol. The van der Waals surface area contributed by atoms with Crippen LogP contribution >= 0.6 is 0 Å². The average molecular weight is 665 g/mol. The Morgan fingerprint density at radius 3 is 2.31 bits per heavy atom. The van der Waals surface area contributed by atoms with Gasteiger partial charge < -0.3 is 25.5 Å². The molecule has 5 rings (SSSR count). The number of unbranched alkanes of at least 4 members (excludes halogenated alkanes) is 2. The van der Waals surface area contributed by atoms with Crippen LogP contribution in [0.15, 0.2) is 78.9 Å². The van der Waals surface area contributed by atoms with E-state index in [0.717, 1.165) is 42.4 Å². The molecule has 10 heteroatoms. The zero-order chi connectivity index (χ0) is 34.8. The molecule has 10 nitrogen and oxygen atoms in total. The number of aliphatic hydroxyl groups is 1. The molecule has 1 aromatic heterocycles. The van der Waals surface area contributed by atoms with Gasteiger partial charge in [0.15, 0.2) is 5.69 Å². The Balaban J connectivity index is 1.45. The molecular weight excluding hydrogens is 616 g/mol. The van der Waals surface area contributed by atoms with Gasteiger partial charge in [0, 0.05) is 37.6 Å². The van der Waals surface area contributed by atoms with Crippen molar-refractivity contribution in [2.75, 3.05) is 31.6 Å². The number of anilines is 1. The number of rotatable bonds is 14. The predicted octanol–water partition coefficient (Wildman–Crippen LogP) is 6.15. The van der Waals surface area contributed by atoms with Crippen molar-refractivity contribution in [1.29, 1.82) is 0 Å². The van der Waals surface area contributed by atoms with Crippen LogP contribution in [-0.2, 0) is 19.4 Å². The Kier molecular flexibility index (Phi) is 12.2. The van der Waals surface area contributed by atoms with Crippen molar-refractivity contribution in [3.05, 3.63) is 113 Å². The third-order valence-electron chi connectivity index (χ3n) is 9.04. The van der Waals surface area contributed by atoms with Crippen LogP contribution in [0.4, 0.5) is 10.5 Å². The highest BCUT2D eigenvalue weighted by molar-refractivity contribution is 6.00. The number of amides is 4. The Morgan fingerprint density at radius 2 is 1.61 bits per heavy atom. The van der Waals surface area contributed by atoms with E-state index in [1.807, 2.05) is 66.4 Å². The van der Waals surface area contributed by atoms with Gasteiger partial charge in [-0.3, -0.25) is 9.59 Å². The second-order valence-electron chi connectivity index (χ2n) is 12.7. The van der Waals surface area contributed by atoms with Crippen molar-refractivity contribution in [3.63, 3.8) is 0 Å². The van der Waals surface area contributed by atoms with Crippen LogP contribution < -0.4 is 10.6 Å². The van der Waals surface area contributed by atoms with Gasteiger partial charge in [-0.15, -0.1) is 0 Å². The number of carbonyl (C=O) groups excluding carboxylic acids is 3. The lowest BCUT2D eigenvalue weighted by molar-refractivity contribution is 0.0544. The maximum atomic E-state index is 14.5. The number of hydrogen-bond donors (Lipinski definition) is 3. The molecule has 1 aliphatic heterocycles. The zero-order valence-corrected chi connectivity index (χ0v) is 28.8. The normalized spacial score (nSPS) is 13.9. The zero-order valence-electron chi connectivity index (χ0n) is 28.8.